The minimum atomic E-state index is -0.772. The SMILES string of the molecule is CCCn1ncc(Br)c1C(=O)C1(OC)CCOCC1. The second kappa shape index (κ2) is 6.15. The molecule has 0 bridgehead atoms. The monoisotopic (exact) mass is 330 g/mol. The van der Waals surface area contributed by atoms with Gasteiger partial charge in [-0.15, -0.1) is 0 Å². The summed E-state index contributed by atoms with van der Waals surface area (Å²) in [5.41, 5.74) is -0.169. The van der Waals surface area contributed by atoms with Crippen LogP contribution >= 0.6 is 15.9 Å². The number of methoxy groups -OCH3 is 1. The van der Waals surface area contributed by atoms with Gasteiger partial charge < -0.3 is 9.47 Å². The van der Waals surface area contributed by atoms with E-state index in [0.717, 1.165) is 17.4 Å². The van der Waals surface area contributed by atoms with Crippen LogP contribution in [0.15, 0.2) is 10.7 Å². The first-order chi connectivity index (χ1) is 9.14. The maximum absolute atomic E-state index is 12.9. The lowest BCUT2D eigenvalue weighted by molar-refractivity contribution is -0.0668. The van der Waals surface area contributed by atoms with E-state index in [1.807, 2.05) is 0 Å². The number of Topliss-reactive ketones (excluding diaryl/α,β-unsaturated/α-hetero) is 1. The Kier molecular flexibility index (Phi) is 4.76. The first-order valence-electron chi connectivity index (χ1n) is 6.53. The van der Waals surface area contributed by atoms with E-state index in [4.69, 9.17) is 9.47 Å². The second-order valence-electron chi connectivity index (χ2n) is 4.70. The molecule has 2 heterocycles. The van der Waals surface area contributed by atoms with Crippen molar-refractivity contribution in [2.45, 2.75) is 38.3 Å². The molecule has 0 amide bonds. The van der Waals surface area contributed by atoms with Gasteiger partial charge in [-0.3, -0.25) is 9.48 Å². The quantitative estimate of drug-likeness (QED) is 0.778. The van der Waals surface area contributed by atoms with Crippen LogP contribution in [-0.2, 0) is 16.0 Å². The fourth-order valence-electron chi connectivity index (χ4n) is 2.41. The van der Waals surface area contributed by atoms with E-state index in [1.165, 1.54) is 0 Å². The smallest absolute Gasteiger partial charge is 0.213 e. The highest BCUT2D eigenvalue weighted by Gasteiger charge is 2.42. The van der Waals surface area contributed by atoms with Crippen molar-refractivity contribution in [1.82, 2.24) is 9.78 Å². The van der Waals surface area contributed by atoms with Crippen LogP contribution in [0.25, 0.3) is 0 Å². The van der Waals surface area contributed by atoms with Gasteiger partial charge in [0.2, 0.25) is 5.78 Å². The molecule has 1 aromatic heterocycles. The molecule has 1 aromatic rings. The molecular weight excluding hydrogens is 312 g/mol. The van der Waals surface area contributed by atoms with Gasteiger partial charge in [-0.05, 0) is 22.4 Å². The lowest BCUT2D eigenvalue weighted by atomic mass is 9.87. The van der Waals surface area contributed by atoms with Gasteiger partial charge in [-0.2, -0.15) is 5.10 Å². The molecule has 6 heteroatoms. The molecule has 0 spiro atoms. The van der Waals surface area contributed by atoms with Crippen molar-refractivity contribution >= 4 is 21.7 Å². The lowest BCUT2D eigenvalue weighted by Gasteiger charge is -2.34. The Morgan fingerprint density at radius 1 is 1.58 bits per heavy atom. The molecular formula is C13H19BrN2O3. The van der Waals surface area contributed by atoms with Crippen LogP contribution in [0.1, 0.15) is 36.7 Å². The van der Waals surface area contributed by atoms with Gasteiger partial charge in [0, 0.05) is 39.7 Å². The van der Waals surface area contributed by atoms with Gasteiger partial charge in [0.1, 0.15) is 11.3 Å². The van der Waals surface area contributed by atoms with Gasteiger partial charge in [0.25, 0.3) is 0 Å². The number of hydrogen-bond donors (Lipinski definition) is 0. The number of nitrogens with zero attached hydrogens (tertiary/aromatic N) is 2. The molecule has 1 fully saturated rings. The van der Waals surface area contributed by atoms with E-state index in [0.29, 0.717) is 31.7 Å². The summed E-state index contributed by atoms with van der Waals surface area (Å²) in [5, 5.41) is 4.25. The second-order valence-corrected chi connectivity index (χ2v) is 5.56. The Morgan fingerprint density at radius 2 is 2.26 bits per heavy atom. The number of aryl methyl sites for hydroxylation is 1. The third-order valence-electron chi connectivity index (χ3n) is 3.55. The molecule has 2 rings (SSSR count). The van der Waals surface area contributed by atoms with Crippen LogP contribution in [0.3, 0.4) is 0 Å². The van der Waals surface area contributed by atoms with Gasteiger partial charge in [-0.1, -0.05) is 6.92 Å². The van der Waals surface area contributed by atoms with Gasteiger partial charge in [-0.25, -0.2) is 0 Å². The zero-order valence-corrected chi connectivity index (χ0v) is 12.9. The Balaban J connectivity index is 2.34. The number of carbonyl (C=O) groups is 1. The summed E-state index contributed by atoms with van der Waals surface area (Å²) >= 11 is 3.42. The molecule has 0 radical (unpaired) electrons. The molecule has 0 saturated carbocycles. The van der Waals surface area contributed by atoms with Gasteiger partial charge in [0.15, 0.2) is 0 Å². The highest BCUT2D eigenvalue weighted by molar-refractivity contribution is 9.10. The molecule has 0 N–H and O–H groups in total. The minimum absolute atomic E-state index is 0.00359. The van der Waals surface area contributed by atoms with Crippen molar-refractivity contribution < 1.29 is 14.3 Å². The molecule has 19 heavy (non-hydrogen) atoms. The first-order valence-corrected chi connectivity index (χ1v) is 7.33. The van der Waals surface area contributed by atoms with Crippen LogP contribution in [0, 0.1) is 0 Å². The first kappa shape index (κ1) is 14.7. The predicted molar refractivity (Wildman–Crippen MR) is 74.3 cm³/mol. The van der Waals surface area contributed by atoms with E-state index in [-0.39, 0.29) is 5.78 Å². The van der Waals surface area contributed by atoms with Crippen molar-refractivity contribution in [2.75, 3.05) is 20.3 Å². The van der Waals surface area contributed by atoms with E-state index in [1.54, 1.807) is 18.0 Å². The molecule has 106 valence electrons. The summed E-state index contributed by atoms with van der Waals surface area (Å²) in [6, 6.07) is 0. The van der Waals surface area contributed by atoms with E-state index in [2.05, 4.69) is 28.0 Å². The molecule has 5 nitrogen and oxygen atoms in total. The highest BCUT2D eigenvalue weighted by Crippen LogP contribution is 2.31. The maximum Gasteiger partial charge on any atom is 0.213 e. The molecule has 1 aliphatic rings. The number of ether oxygens (including phenoxy) is 2. The summed E-state index contributed by atoms with van der Waals surface area (Å²) in [6.45, 7) is 3.89. The molecule has 0 atom stereocenters. The lowest BCUT2D eigenvalue weighted by Crippen LogP contribution is -2.46. The highest BCUT2D eigenvalue weighted by atomic mass is 79.9. The fraction of sp³-hybridized carbons (Fsp3) is 0.692. The Bertz CT molecular complexity index is 453. The third-order valence-corrected chi connectivity index (χ3v) is 4.13. The standard InChI is InChI=1S/C13H19BrN2O3/c1-3-6-16-11(10(14)9-15-16)12(17)13(18-2)4-7-19-8-5-13/h9H,3-8H2,1-2H3. The Labute approximate surface area is 121 Å². The van der Waals surface area contributed by atoms with E-state index >= 15 is 0 Å². The van der Waals surface area contributed by atoms with Gasteiger partial charge in [0.05, 0.1) is 10.7 Å². The van der Waals surface area contributed by atoms with Crippen molar-refractivity contribution in [3.8, 4) is 0 Å². The topological polar surface area (TPSA) is 53.4 Å². The average Bonchev–Trinajstić information content (AvgIpc) is 2.80. The molecule has 0 unspecified atom stereocenters. The number of aromatic nitrogens is 2. The van der Waals surface area contributed by atoms with Crippen LogP contribution in [0.5, 0.6) is 0 Å². The Hall–Kier alpha value is -0.720. The Morgan fingerprint density at radius 3 is 2.84 bits per heavy atom. The maximum atomic E-state index is 12.9. The normalized spacial score (nSPS) is 18.5. The minimum Gasteiger partial charge on any atom is -0.381 e. The van der Waals surface area contributed by atoms with Crippen molar-refractivity contribution in [3.05, 3.63) is 16.4 Å². The number of ketones is 1. The van der Waals surface area contributed by atoms with E-state index < -0.39 is 5.60 Å². The van der Waals surface area contributed by atoms with Crippen molar-refractivity contribution in [2.24, 2.45) is 0 Å². The zero-order valence-electron chi connectivity index (χ0n) is 11.3. The largest absolute Gasteiger partial charge is 0.381 e. The zero-order chi connectivity index (χ0) is 13.9. The molecule has 0 aliphatic carbocycles. The summed E-state index contributed by atoms with van der Waals surface area (Å²) in [6.07, 6.45) is 3.78. The third kappa shape index (κ3) is 2.75. The average molecular weight is 331 g/mol. The number of hydrogen-bond acceptors (Lipinski definition) is 4. The van der Waals surface area contributed by atoms with E-state index in [9.17, 15) is 4.79 Å². The molecule has 1 saturated heterocycles. The number of carbonyl (C=O) groups excluding carboxylic acids is 1. The number of halogens is 1. The fourth-order valence-corrected chi connectivity index (χ4v) is 2.89. The number of rotatable bonds is 5. The molecule has 1 aliphatic heterocycles. The van der Waals surface area contributed by atoms with Crippen LogP contribution in [0.4, 0.5) is 0 Å². The van der Waals surface area contributed by atoms with Gasteiger partial charge >= 0.3 is 0 Å². The summed E-state index contributed by atoms with van der Waals surface area (Å²) in [4.78, 5) is 12.9. The molecule has 0 aromatic carbocycles. The van der Waals surface area contributed by atoms with Crippen molar-refractivity contribution in [1.29, 1.82) is 0 Å². The summed E-state index contributed by atoms with van der Waals surface area (Å²) in [5.74, 6) is -0.00359. The van der Waals surface area contributed by atoms with Crippen LogP contribution in [-0.4, -0.2) is 41.5 Å². The predicted octanol–water partition coefficient (Wildman–Crippen LogP) is 2.43. The summed E-state index contributed by atoms with van der Waals surface area (Å²) < 4.78 is 13.4. The summed E-state index contributed by atoms with van der Waals surface area (Å²) in [7, 11) is 1.59. The van der Waals surface area contributed by atoms with Crippen LogP contribution < -0.4 is 0 Å². The van der Waals surface area contributed by atoms with Crippen LogP contribution in [0.2, 0.25) is 0 Å². The van der Waals surface area contributed by atoms with Crippen molar-refractivity contribution in [3.63, 3.8) is 0 Å².